The van der Waals surface area contributed by atoms with E-state index in [1.165, 1.54) is 0 Å². The van der Waals surface area contributed by atoms with Crippen molar-refractivity contribution < 1.29 is 0 Å². The number of hydrogen-bond donors (Lipinski definition) is 2. The van der Waals surface area contributed by atoms with Crippen molar-refractivity contribution in [2.45, 2.75) is 13.0 Å². The molecule has 2 rings (SSSR count). The van der Waals surface area contributed by atoms with Crippen molar-refractivity contribution in [3.8, 4) is 0 Å². The second kappa shape index (κ2) is 3.05. The molecule has 0 aliphatic rings. The molecule has 3 N–H and O–H groups in total. The highest BCUT2D eigenvalue weighted by Gasteiger charge is 2.11. The molecule has 13 heavy (non-hydrogen) atoms. The minimum Gasteiger partial charge on any atom is -0.356 e. The van der Waals surface area contributed by atoms with Crippen molar-refractivity contribution in [1.29, 1.82) is 0 Å². The second-order valence-corrected chi connectivity index (χ2v) is 3.56. The van der Waals surface area contributed by atoms with E-state index in [2.05, 4.69) is 4.98 Å². The van der Waals surface area contributed by atoms with E-state index in [0.29, 0.717) is 0 Å². The molecular weight excluding hydrogens is 184 g/mol. The fourth-order valence-electron chi connectivity index (χ4n) is 1.44. The molecule has 0 fully saturated rings. The van der Waals surface area contributed by atoms with Crippen LogP contribution in [-0.2, 0) is 0 Å². The summed E-state index contributed by atoms with van der Waals surface area (Å²) in [5.74, 6) is 0. The Labute approximate surface area is 81.7 Å². The average Bonchev–Trinajstić information content (AvgIpc) is 2.45. The third-order valence-corrected chi connectivity index (χ3v) is 2.53. The van der Waals surface area contributed by atoms with Crippen LogP contribution in [-0.4, -0.2) is 4.98 Å². The average molecular weight is 195 g/mol. The van der Waals surface area contributed by atoms with Crippen LogP contribution in [0.25, 0.3) is 10.9 Å². The number of aromatic amines is 1. The van der Waals surface area contributed by atoms with Gasteiger partial charge in [0.15, 0.2) is 0 Å². The maximum atomic E-state index is 6.14. The van der Waals surface area contributed by atoms with Crippen molar-refractivity contribution in [1.82, 2.24) is 4.98 Å². The van der Waals surface area contributed by atoms with Gasteiger partial charge in [-0.1, -0.05) is 29.8 Å². The molecule has 0 saturated carbocycles. The fraction of sp³-hybridized carbons (Fsp3) is 0.200. The summed E-state index contributed by atoms with van der Waals surface area (Å²) in [5, 5.41) is 1.78. The standard InChI is InChI=1S/C10H11ClN2/c1-6(12)10-9(11)7-4-2-3-5-8(7)13-10/h2-6,13H,12H2,1H3/t6-/m0/s1. The Balaban J connectivity index is 2.74. The van der Waals surface area contributed by atoms with E-state index >= 15 is 0 Å². The van der Waals surface area contributed by atoms with Crippen molar-refractivity contribution in [3.05, 3.63) is 35.0 Å². The minimum atomic E-state index is -0.0556. The molecule has 1 heterocycles. The number of aromatic nitrogens is 1. The van der Waals surface area contributed by atoms with Crippen LogP contribution in [0.3, 0.4) is 0 Å². The molecule has 1 atom stereocenters. The number of H-pyrrole nitrogens is 1. The quantitative estimate of drug-likeness (QED) is 0.720. The van der Waals surface area contributed by atoms with Gasteiger partial charge in [0.1, 0.15) is 0 Å². The molecule has 0 saturated heterocycles. The monoisotopic (exact) mass is 194 g/mol. The van der Waals surface area contributed by atoms with Gasteiger partial charge in [-0.2, -0.15) is 0 Å². The Morgan fingerprint density at radius 3 is 2.69 bits per heavy atom. The predicted molar refractivity (Wildman–Crippen MR) is 55.9 cm³/mol. The van der Waals surface area contributed by atoms with Crippen LogP contribution in [0.15, 0.2) is 24.3 Å². The molecule has 0 aliphatic heterocycles. The van der Waals surface area contributed by atoms with Gasteiger partial charge >= 0.3 is 0 Å². The first-order valence-corrected chi connectivity index (χ1v) is 4.59. The van der Waals surface area contributed by atoms with Gasteiger partial charge in [0.2, 0.25) is 0 Å². The molecule has 3 heteroatoms. The van der Waals surface area contributed by atoms with E-state index in [4.69, 9.17) is 17.3 Å². The lowest BCUT2D eigenvalue weighted by atomic mass is 10.2. The van der Waals surface area contributed by atoms with E-state index in [9.17, 15) is 0 Å². The zero-order chi connectivity index (χ0) is 9.42. The Hall–Kier alpha value is -0.990. The summed E-state index contributed by atoms with van der Waals surface area (Å²) < 4.78 is 0. The third-order valence-electron chi connectivity index (χ3n) is 2.12. The molecule has 0 unspecified atom stereocenters. The van der Waals surface area contributed by atoms with Crippen molar-refractivity contribution in [2.75, 3.05) is 0 Å². The molecule has 1 aromatic heterocycles. The van der Waals surface area contributed by atoms with E-state index in [1.54, 1.807) is 0 Å². The van der Waals surface area contributed by atoms with Crippen LogP contribution in [0.5, 0.6) is 0 Å². The summed E-state index contributed by atoms with van der Waals surface area (Å²) in [7, 11) is 0. The topological polar surface area (TPSA) is 41.8 Å². The highest BCUT2D eigenvalue weighted by atomic mass is 35.5. The Morgan fingerprint density at radius 1 is 1.38 bits per heavy atom. The summed E-state index contributed by atoms with van der Waals surface area (Å²) in [4.78, 5) is 3.21. The van der Waals surface area contributed by atoms with E-state index < -0.39 is 0 Å². The zero-order valence-corrected chi connectivity index (χ0v) is 8.10. The Kier molecular flexibility index (Phi) is 2.02. The maximum Gasteiger partial charge on any atom is 0.0708 e. The molecular formula is C10H11ClN2. The molecule has 0 aliphatic carbocycles. The van der Waals surface area contributed by atoms with E-state index in [-0.39, 0.29) is 6.04 Å². The lowest BCUT2D eigenvalue weighted by molar-refractivity contribution is 0.792. The summed E-state index contributed by atoms with van der Waals surface area (Å²) in [6, 6.07) is 7.86. The van der Waals surface area contributed by atoms with Gasteiger partial charge in [-0.3, -0.25) is 0 Å². The molecule has 0 spiro atoms. The largest absolute Gasteiger partial charge is 0.356 e. The number of rotatable bonds is 1. The number of para-hydroxylation sites is 1. The van der Waals surface area contributed by atoms with Crippen LogP contribution in [0.1, 0.15) is 18.7 Å². The predicted octanol–water partition coefficient (Wildman–Crippen LogP) is 2.84. The van der Waals surface area contributed by atoms with Crippen LogP contribution in [0.2, 0.25) is 5.02 Å². The Morgan fingerprint density at radius 2 is 2.08 bits per heavy atom. The molecule has 0 bridgehead atoms. The first kappa shape index (κ1) is 8.60. The van der Waals surface area contributed by atoms with Gasteiger partial charge in [0, 0.05) is 16.9 Å². The lowest BCUT2D eigenvalue weighted by Gasteiger charge is -2.01. The minimum absolute atomic E-state index is 0.0556. The van der Waals surface area contributed by atoms with Crippen LogP contribution < -0.4 is 5.73 Å². The Bertz CT molecular complexity index is 431. The van der Waals surface area contributed by atoms with Gasteiger partial charge in [0.25, 0.3) is 0 Å². The molecule has 0 radical (unpaired) electrons. The molecule has 68 valence electrons. The highest BCUT2D eigenvalue weighted by Crippen LogP contribution is 2.29. The molecule has 0 amide bonds. The normalized spacial score (nSPS) is 13.5. The number of nitrogens with one attached hydrogen (secondary N) is 1. The highest BCUT2D eigenvalue weighted by molar-refractivity contribution is 6.36. The SMILES string of the molecule is C[C@H](N)c1[nH]c2ccccc2c1Cl. The summed E-state index contributed by atoms with van der Waals surface area (Å²) in [6.45, 7) is 1.91. The molecule has 2 nitrogen and oxygen atoms in total. The van der Waals surface area contributed by atoms with Gasteiger partial charge < -0.3 is 10.7 Å². The molecule has 2 aromatic rings. The lowest BCUT2D eigenvalue weighted by Crippen LogP contribution is -2.05. The summed E-state index contributed by atoms with van der Waals surface area (Å²) in [5.41, 5.74) is 7.71. The first-order chi connectivity index (χ1) is 6.20. The summed E-state index contributed by atoms with van der Waals surface area (Å²) >= 11 is 6.14. The van der Waals surface area contributed by atoms with Crippen LogP contribution >= 0.6 is 11.6 Å². The number of halogens is 1. The maximum absolute atomic E-state index is 6.14. The van der Waals surface area contributed by atoms with Gasteiger partial charge in [-0.15, -0.1) is 0 Å². The van der Waals surface area contributed by atoms with Gasteiger partial charge in [0.05, 0.1) is 10.7 Å². The summed E-state index contributed by atoms with van der Waals surface area (Å²) in [6.07, 6.45) is 0. The smallest absolute Gasteiger partial charge is 0.0708 e. The number of fused-ring (bicyclic) bond motifs is 1. The van der Waals surface area contributed by atoms with Crippen molar-refractivity contribution >= 4 is 22.5 Å². The molecule has 1 aromatic carbocycles. The van der Waals surface area contributed by atoms with Crippen molar-refractivity contribution in [3.63, 3.8) is 0 Å². The van der Waals surface area contributed by atoms with Gasteiger partial charge in [-0.05, 0) is 13.0 Å². The zero-order valence-electron chi connectivity index (χ0n) is 7.34. The van der Waals surface area contributed by atoms with Crippen LogP contribution in [0, 0.1) is 0 Å². The van der Waals surface area contributed by atoms with Crippen molar-refractivity contribution in [2.24, 2.45) is 5.73 Å². The van der Waals surface area contributed by atoms with Crippen LogP contribution in [0.4, 0.5) is 0 Å². The first-order valence-electron chi connectivity index (χ1n) is 4.22. The fourth-order valence-corrected chi connectivity index (χ4v) is 1.83. The van der Waals surface area contributed by atoms with E-state index in [1.807, 2.05) is 31.2 Å². The second-order valence-electron chi connectivity index (χ2n) is 3.19. The van der Waals surface area contributed by atoms with E-state index in [0.717, 1.165) is 21.6 Å². The number of benzene rings is 1. The van der Waals surface area contributed by atoms with Gasteiger partial charge in [-0.25, -0.2) is 0 Å². The number of nitrogens with two attached hydrogens (primary N) is 1. The number of hydrogen-bond acceptors (Lipinski definition) is 1. The third kappa shape index (κ3) is 1.32.